The highest BCUT2D eigenvalue weighted by molar-refractivity contribution is 5.02. The molecule has 0 rings (SSSR count). The van der Waals surface area contributed by atoms with E-state index in [0.29, 0.717) is 11.3 Å². The minimum Gasteiger partial charge on any atom is -0.0853 e. The number of hydrogen-bond donors (Lipinski definition) is 0. The molecule has 2 unspecified atom stereocenters. The third-order valence-electron chi connectivity index (χ3n) is 5.70. The Kier molecular flexibility index (Phi) is 8.01. The van der Waals surface area contributed by atoms with Crippen molar-refractivity contribution in [3.05, 3.63) is 11.6 Å². The van der Waals surface area contributed by atoms with Gasteiger partial charge in [0.15, 0.2) is 0 Å². The molecule has 0 fully saturated rings. The molecule has 0 N–H and O–H groups in total. The van der Waals surface area contributed by atoms with Crippen molar-refractivity contribution in [2.45, 2.75) is 81.6 Å². The Morgan fingerprint density at radius 3 is 1.84 bits per heavy atom. The molecule has 0 aliphatic carbocycles. The van der Waals surface area contributed by atoms with E-state index in [4.69, 9.17) is 0 Å². The average Bonchev–Trinajstić information content (AvgIpc) is 2.33. The maximum Gasteiger partial charge on any atom is -0.0246 e. The minimum atomic E-state index is 0.502. The van der Waals surface area contributed by atoms with Gasteiger partial charge in [-0.25, -0.2) is 0 Å². The first-order valence-corrected chi connectivity index (χ1v) is 8.35. The van der Waals surface area contributed by atoms with Crippen molar-refractivity contribution in [1.82, 2.24) is 0 Å². The minimum absolute atomic E-state index is 0.502. The summed E-state index contributed by atoms with van der Waals surface area (Å²) in [6, 6.07) is 0. The van der Waals surface area contributed by atoms with Crippen molar-refractivity contribution in [3.63, 3.8) is 0 Å². The van der Waals surface area contributed by atoms with E-state index in [-0.39, 0.29) is 0 Å². The smallest absolute Gasteiger partial charge is 0.0246 e. The Morgan fingerprint density at radius 2 is 1.53 bits per heavy atom. The van der Waals surface area contributed by atoms with Gasteiger partial charge in [0, 0.05) is 0 Å². The van der Waals surface area contributed by atoms with Crippen molar-refractivity contribution in [3.8, 4) is 0 Å². The van der Waals surface area contributed by atoms with Crippen molar-refractivity contribution >= 4 is 0 Å². The van der Waals surface area contributed by atoms with E-state index in [9.17, 15) is 0 Å². The lowest BCUT2D eigenvalue weighted by Crippen LogP contribution is -2.36. The highest BCUT2D eigenvalue weighted by Crippen LogP contribution is 2.46. The predicted octanol–water partition coefficient (Wildman–Crippen LogP) is 6.71. The zero-order chi connectivity index (χ0) is 15.2. The number of rotatable bonds is 8. The van der Waals surface area contributed by atoms with Gasteiger partial charge in [-0.3, -0.25) is 0 Å². The van der Waals surface area contributed by atoms with Crippen LogP contribution in [-0.2, 0) is 0 Å². The van der Waals surface area contributed by atoms with Crippen LogP contribution in [0, 0.1) is 29.1 Å². The molecular weight excluding hydrogens is 228 g/mol. The molecule has 0 heterocycles. The Hall–Kier alpha value is -0.260. The zero-order valence-electron chi connectivity index (χ0n) is 15.0. The fraction of sp³-hybridized carbons (Fsp3) is 0.895. The van der Waals surface area contributed by atoms with Crippen LogP contribution in [-0.4, -0.2) is 0 Å². The molecule has 19 heavy (non-hydrogen) atoms. The Labute approximate surface area is 123 Å². The van der Waals surface area contributed by atoms with E-state index < -0.39 is 0 Å². The molecule has 0 saturated heterocycles. The molecule has 0 aromatic heterocycles. The average molecular weight is 267 g/mol. The van der Waals surface area contributed by atoms with E-state index in [2.05, 4.69) is 68.4 Å². The Balaban J connectivity index is 4.93. The molecule has 0 aromatic rings. The maximum absolute atomic E-state index is 2.48. The van der Waals surface area contributed by atoms with Crippen molar-refractivity contribution in [2.75, 3.05) is 0 Å². The van der Waals surface area contributed by atoms with Crippen LogP contribution in [0.1, 0.15) is 81.6 Å². The standard InChI is InChI=1S/C19H38/c1-10-19(16(6)7,18(9)15(4)5)13-11-12-17(8)14(2)3/h12,14-16,18H,10-11,13H2,1-9H3. The van der Waals surface area contributed by atoms with Crippen LogP contribution in [0.5, 0.6) is 0 Å². The fourth-order valence-corrected chi connectivity index (χ4v) is 3.42. The summed E-state index contributed by atoms with van der Waals surface area (Å²) in [6.07, 6.45) is 6.36. The molecule has 0 aliphatic heterocycles. The van der Waals surface area contributed by atoms with Crippen LogP contribution in [0.25, 0.3) is 0 Å². The van der Waals surface area contributed by atoms with Gasteiger partial charge in [-0.2, -0.15) is 0 Å². The zero-order valence-corrected chi connectivity index (χ0v) is 15.0. The predicted molar refractivity (Wildman–Crippen MR) is 89.4 cm³/mol. The Morgan fingerprint density at radius 1 is 1.00 bits per heavy atom. The Bertz CT molecular complexity index is 270. The van der Waals surface area contributed by atoms with Crippen LogP contribution in [0.15, 0.2) is 11.6 Å². The summed E-state index contributed by atoms with van der Waals surface area (Å²) < 4.78 is 0. The van der Waals surface area contributed by atoms with Gasteiger partial charge in [-0.1, -0.05) is 67.0 Å². The van der Waals surface area contributed by atoms with Gasteiger partial charge in [0.05, 0.1) is 0 Å². The fourth-order valence-electron chi connectivity index (χ4n) is 3.42. The third kappa shape index (κ3) is 4.97. The molecule has 0 heteroatoms. The van der Waals surface area contributed by atoms with Gasteiger partial charge >= 0.3 is 0 Å². The molecule has 0 saturated carbocycles. The lowest BCUT2D eigenvalue weighted by atomic mass is 9.61. The summed E-state index contributed by atoms with van der Waals surface area (Å²) in [4.78, 5) is 0. The first-order valence-electron chi connectivity index (χ1n) is 8.35. The van der Waals surface area contributed by atoms with Crippen molar-refractivity contribution < 1.29 is 0 Å². The topological polar surface area (TPSA) is 0 Å². The van der Waals surface area contributed by atoms with Gasteiger partial charge in [0.1, 0.15) is 0 Å². The second kappa shape index (κ2) is 8.12. The van der Waals surface area contributed by atoms with Gasteiger partial charge in [-0.15, -0.1) is 0 Å². The summed E-state index contributed by atoms with van der Waals surface area (Å²) in [6.45, 7) is 21.3. The second-order valence-electron chi connectivity index (χ2n) is 7.42. The monoisotopic (exact) mass is 266 g/mol. The highest BCUT2D eigenvalue weighted by atomic mass is 14.4. The molecule has 114 valence electrons. The summed E-state index contributed by atoms with van der Waals surface area (Å²) in [5.41, 5.74) is 2.05. The molecule has 0 radical (unpaired) electrons. The lowest BCUT2D eigenvalue weighted by Gasteiger charge is -2.44. The normalized spacial score (nSPS) is 18.2. The van der Waals surface area contributed by atoms with Gasteiger partial charge < -0.3 is 0 Å². The summed E-state index contributed by atoms with van der Waals surface area (Å²) >= 11 is 0. The molecule has 0 nitrogen and oxygen atoms in total. The SMILES string of the molecule is CCC(CCC=C(C)C(C)C)(C(C)C)C(C)C(C)C. The summed E-state index contributed by atoms with van der Waals surface area (Å²) in [5, 5.41) is 0. The largest absolute Gasteiger partial charge is 0.0853 e. The second-order valence-corrected chi connectivity index (χ2v) is 7.42. The lowest BCUT2D eigenvalue weighted by molar-refractivity contribution is 0.0531. The summed E-state index contributed by atoms with van der Waals surface area (Å²) in [5.74, 6) is 3.03. The summed E-state index contributed by atoms with van der Waals surface area (Å²) in [7, 11) is 0. The highest BCUT2D eigenvalue weighted by Gasteiger charge is 2.38. The van der Waals surface area contributed by atoms with Crippen LogP contribution in [0.4, 0.5) is 0 Å². The van der Waals surface area contributed by atoms with Crippen molar-refractivity contribution in [1.29, 1.82) is 0 Å². The van der Waals surface area contributed by atoms with Crippen LogP contribution < -0.4 is 0 Å². The van der Waals surface area contributed by atoms with E-state index in [1.54, 1.807) is 5.57 Å². The van der Waals surface area contributed by atoms with Gasteiger partial charge in [0.2, 0.25) is 0 Å². The first kappa shape index (κ1) is 18.7. The van der Waals surface area contributed by atoms with Crippen LogP contribution in [0.3, 0.4) is 0 Å². The van der Waals surface area contributed by atoms with Crippen LogP contribution in [0.2, 0.25) is 0 Å². The van der Waals surface area contributed by atoms with E-state index in [1.807, 2.05) is 0 Å². The molecule has 0 aliphatic rings. The van der Waals surface area contributed by atoms with E-state index in [1.165, 1.54) is 19.3 Å². The van der Waals surface area contributed by atoms with Crippen molar-refractivity contribution in [2.24, 2.45) is 29.1 Å². The van der Waals surface area contributed by atoms with Gasteiger partial charge in [-0.05, 0) is 55.3 Å². The molecule has 0 amide bonds. The third-order valence-corrected chi connectivity index (χ3v) is 5.70. The number of hydrogen-bond acceptors (Lipinski definition) is 0. The molecule has 0 aromatic carbocycles. The quantitative estimate of drug-likeness (QED) is 0.428. The van der Waals surface area contributed by atoms with Crippen LogP contribution >= 0.6 is 0 Å². The molecule has 2 atom stereocenters. The molecule has 0 bridgehead atoms. The molecular formula is C19H38. The molecule has 0 spiro atoms. The van der Waals surface area contributed by atoms with Gasteiger partial charge in [0.25, 0.3) is 0 Å². The maximum atomic E-state index is 2.48. The first-order chi connectivity index (χ1) is 8.69. The van der Waals surface area contributed by atoms with E-state index in [0.717, 1.165) is 17.8 Å². The van der Waals surface area contributed by atoms with E-state index >= 15 is 0 Å². The number of allylic oxidation sites excluding steroid dienone is 2.